The second-order valence-electron chi connectivity index (χ2n) is 11.0. The van der Waals surface area contributed by atoms with Crippen LogP contribution in [0.1, 0.15) is 187 Å². The first-order valence-corrected chi connectivity index (χ1v) is 16.0. The van der Waals surface area contributed by atoms with E-state index in [9.17, 15) is 9.59 Å². The van der Waals surface area contributed by atoms with Gasteiger partial charge in [-0.15, -0.1) is 0 Å². The number of hydrogen-bond donors (Lipinski definition) is 1. The van der Waals surface area contributed by atoms with Crippen molar-refractivity contribution >= 4 is 11.9 Å². The standard InChI is InChI=1S/C32H62O4/c1-3-5-7-9-11-12-13-14-15-17-19-25-29-32(35)36-30(26-22-18-16-10-8-6-4-2)27-23-20-21-24-28-31(33)34/h30H,3-29H2,1-2H3,(H,33,34). The minimum atomic E-state index is -0.710. The largest absolute Gasteiger partial charge is 0.481 e. The average molecular weight is 511 g/mol. The van der Waals surface area contributed by atoms with Gasteiger partial charge in [0.1, 0.15) is 6.10 Å². The average Bonchev–Trinajstić information content (AvgIpc) is 2.85. The Morgan fingerprint density at radius 2 is 0.833 bits per heavy atom. The lowest BCUT2D eigenvalue weighted by molar-refractivity contribution is -0.150. The summed E-state index contributed by atoms with van der Waals surface area (Å²) in [6, 6.07) is 0. The first-order chi connectivity index (χ1) is 17.6. The highest BCUT2D eigenvalue weighted by Crippen LogP contribution is 2.18. The van der Waals surface area contributed by atoms with Crippen molar-refractivity contribution in [1.29, 1.82) is 0 Å². The van der Waals surface area contributed by atoms with Crippen LogP contribution in [-0.2, 0) is 14.3 Å². The fraction of sp³-hybridized carbons (Fsp3) is 0.938. The van der Waals surface area contributed by atoms with Gasteiger partial charge in [-0.25, -0.2) is 0 Å². The van der Waals surface area contributed by atoms with Crippen LogP contribution in [0.4, 0.5) is 0 Å². The second kappa shape index (κ2) is 28.5. The van der Waals surface area contributed by atoms with E-state index in [2.05, 4.69) is 13.8 Å². The Kier molecular flexibility index (Phi) is 27.7. The molecule has 0 aliphatic rings. The van der Waals surface area contributed by atoms with Crippen molar-refractivity contribution in [2.45, 2.75) is 193 Å². The van der Waals surface area contributed by atoms with Gasteiger partial charge in [-0.1, -0.05) is 136 Å². The highest BCUT2D eigenvalue weighted by molar-refractivity contribution is 5.69. The number of unbranched alkanes of at least 4 members (excludes halogenated alkanes) is 20. The van der Waals surface area contributed by atoms with E-state index in [-0.39, 0.29) is 18.5 Å². The van der Waals surface area contributed by atoms with E-state index in [4.69, 9.17) is 9.84 Å². The van der Waals surface area contributed by atoms with Crippen molar-refractivity contribution in [2.75, 3.05) is 0 Å². The van der Waals surface area contributed by atoms with Crippen LogP contribution in [0.2, 0.25) is 0 Å². The molecule has 0 aliphatic carbocycles. The number of aliphatic carboxylic acids is 1. The third-order valence-electron chi connectivity index (χ3n) is 7.33. The van der Waals surface area contributed by atoms with Gasteiger partial charge in [-0.2, -0.15) is 0 Å². The number of ether oxygens (including phenoxy) is 1. The fourth-order valence-electron chi connectivity index (χ4n) is 4.95. The molecule has 1 N–H and O–H groups in total. The molecule has 0 amide bonds. The maximum atomic E-state index is 12.5. The number of carboxylic acids is 1. The van der Waals surface area contributed by atoms with E-state index < -0.39 is 5.97 Å². The zero-order valence-corrected chi connectivity index (χ0v) is 24.3. The van der Waals surface area contributed by atoms with Gasteiger partial charge < -0.3 is 9.84 Å². The molecule has 0 rings (SSSR count). The molecular weight excluding hydrogens is 448 g/mol. The van der Waals surface area contributed by atoms with E-state index in [1.807, 2.05) is 0 Å². The summed E-state index contributed by atoms with van der Waals surface area (Å²) in [6.07, 6.45) is 31.1. The summed E-state index contributed by atoms with van der Waals surface area (Å²) in [7, 11) is 0. The van der Waals surface area contributed by atoms with Crippen LogP contribution in [-0.4, -0.2) is 23.1 Å². The van der Waals surface area contributed by atoms with Gasteiger partial charge in [0.05, 0.1) is 0 Å². The van der Waals surface area contributed by atoms with Crippen LogP contribution < -0.4 is 0 Å². The van der Waals surface area contributed by atoms with E-state index in [1.165, 1.54) is 103 Å². The van der Waals surface area contributed by atoms with Crippen molar-refractivity contribution in [3.63, 3.8) is 0 Å². The molecule has 1 atom stereocenters. The Bertz CT molecular complexity index is 477. The quantitative estimate of drug-likeness (QED) is 0.0802. The maximum Gasteiger partial charge on any atom is 0.306 e. The van der Waals surface area contributed by atoms with Gasteiger partial charge in [0, 0.05) is 12.8 Å². The van der Waals surface area contributed by atoms with Gasteiger partial charge in [-0.3, -0.25) is 9.59 Å². The van der Waals surface area contributed by atoms with Crippen LogP contribution >= 0.6 is 0 Å². The van der Waals surface area contributed by atoms with Crippen molar-refractivity contribution < 1.29 is 19.4 Å². The summed E-state index contributed by atoms with van der Waals surface area (Å²) >= 11 is 0. The summed E-state index contributed by atoms with van der Waals surface area (Å²) in [6.45, 7) is 4.52. The van der Waals surface area contributed by atoms with Crippen LogP contribution in [0.5, 0.6) is 0 Å². The zero-order valence-electron chi connectivity index (χ0n) is 24.3. The molecule has 0 fully saturated rings. The number of carbonyl (C=O) groups excluding carboxylic acids is 1. The number of rotatable bonds is 29. The highest BCUT2D eigenvalue weighted by atomic mass is 16.5. The summed E-state index contributed by atoms with van der Waals surface area (Å²) in [5.74, 6) is -0.723. The normalized spacial score (nSPS) is 12.1. The molecule has 0 spiro atoms. The smallest absolute Gasteiger partial charge is 0.306 e. The molecule has 0 saturated heterocycles. The molecule has 0 saturated carbocycles. The van der Waals surface area contributed by atoms with Crippen molar-refractivity contribution in [3.05, 3.63) is 0 Å². The molecule has 4 heteroatoms. The molecule has 0 aromatic rings. The molecule has 36 heavy (non-hydrogen) atoms. The molecule has 0 bridgehead atoms. The van der Waals surface area contributed by atoms with Crippen LogP contribution in [0.25, 0.3) is 0 Å². The number of hydrogen-bond acceptors (Lipinski definition) is 3. The predicted octanol–water partition coefficient (Wildman–Crippen LogP) is 10.6. The van der Waals surface area contributed by atoms with Crippen molar-refractivity contribution in [1.82, 2.24) is 0 Å². The van der Waals surface area contributed by atoms with E-state index in [1.54, 1.807) is 0 Å². The molecular formula is C32H62O4. The molecule has 0 aromatic heterocycles. The van der Waals surface area contributed by atoms with Crippen LogP contribution in [0.3, 0.4) is 0 Å². The Labute approximate surface area is 224 Å². The Morgan fingerprint density at radius 1 is 0.500 bits per heavy atom. The summed E-state index contributed by atoms with van der Waals surface area (Å²) in [5, 5.41) is 8.77. The van der Waals surface area contributed by atoms with Gasteiger partial charge in [0.25, 0.3) is 0 Å². The zero-order chi connectivity index (χ0) is 26.5. The molecule has 214 valence electrons. The molecule has 0 aliphatic heterocycles. The molecule has 4 nitrogen and oxygen atoms in total. The lowest BCUT2D eigenvalue weighted by Gasteiger charge is -2.18. The van der Waals surface area contributed by atoms with Gasteiger partial charge >= 0.3 is 11.9 Å². The number of carbonyl (C=O) groups is 2. The van der Waals surface area contributed by atoms with Crippen LogP contribution in [0.15, 0.2) is 0 Å². The Morgan fingerprint density at radius 3 is 1.22 bits per heavy atom. The minimum Gasteiger partial charge on any atom is -0.481 e. The first kappa shape index (κ1) is 34.9. The van der Waals surface area contributed by atoms with Crippen molar-refractivity contribution in [2.24, 2.45) is 0 Å². The van der Waals surface area contributed by atoms with Gasteiger partial charge in [0.2, 0.25) is 0 Å². The monoisotopic (exact) mass is 510 g/mol. The summed E-state index contributed by atoms with van der Waals surface area (Å²) < 4.78 is 5.91. The minimum absolute atomic E-state index is 0.0131. The summed E-state index contributed by atoms with van der Waals surface area (Å²) in [5.41, 5.74) is 0. The van der Waals surface area contributed by atoms with Crippen molar-refractivity contribution in [3.8, 4) is 0 Å². The van der Waals surface area contributed by atoms with Gasteiger partial charge in [-0.05, 0) is 38.5 Å². The lowest BCUT2D eigenvalue weighted by atomic mass is 10.0. The van der Waals surface area contributed by atoms with Gasteiger partial charge in [0.15, 0.2) is 0 Å². The van der Waals surface area contributed by atoms with E-state index >= 15 is 0 Å². The predicted molar refractivity (Wildman–Crippen MR) is 154 cm³/mol. The fourth-order valence-corrected chi connectivity index (χ4v) is 4.95. The maximum absolute atomic E-state index is 12.5. The second-order valence-corrected chi connectivity index (χ2v) is 11.0. The van der Waals surface area contributed by atoms with Crippen LogP contribution in [0, 0.1) is 0 Å². The summed E-state index contributed by atoms with van der Waals surface area (Å²) in [4.78, 5) is 23.1. The number of carboxylic acid groups (broad SMARTS) is 1. The topological polar surface area (TPSA) is 63.6 Å². The third kappa shape index (κ3) is 27.5. The highest BCUT2D eigenvalue weighted by Gasteiger charge is 2.14. The third-order valence-corrected chi connectivity index (χ3v) is 7.33. The molecule has 0 aromatic carbocycles. The SMILES string of the molecule is CCCCCCCCCCCCCCC(=O)OC(CCCCCCCCC)CCCCCCC(=O)O. The number of esters is 1. The van der Waals surface area contributed by atoms with E-state index in [0.717, 1.165) is 57.8 Å². The first-order valence-electron chi connectivity index (χ1n) is 16.0. The Hall–Kier alpha value is -1.06. The lowest BCUT2D eigenvalue weighted by Crippen LogP contribution is -2.18. The Balaban J connectivity index is 3.94. The molecule has 1 unspecified atom stereocenters. The molecule has 0 heterocycles. The van der Waals surface area contributed by atoms with E-state index in [0.29, 0.717) is 6.42 Å². The molecule has 0 radical (unpaired) electrons.